The van der Waals surface area contributed by atoms with Crippen LogP contribution in [0.15, 0.2) is 72.8 Å². The number of likely N-dealkylation sites (N-methyl/N-ethyl adjacent to an activating group) is 1. The Morgan fingerprint density at radius 3 is 1.12 bits per heavy atom. The van der Waals surface area contributed by atoms with Crippen LogP contribution in [0.1, 0.15) is 144 Å². The van der Waals surface area contributed by atoms with E-state index in [9.17, 15) is 50.4 Å². The Morgan fingerprint density at radius 1 is 0.453 bits per heavy atom. The van der Waals surface area contributed by atoms with Gasteiger partial charge in [0.1, 0.15) is 25.2 Å². The largest absolute Gasteiger partial charge is 1.00 e. The summed E-state index contributed by atoms with van der Waals surface area (Å²) in [6, 6.07) is 27.9. The number of hydrogen-bond acceptors (Lipinski definition) is 30. The van der Waals surface area contributed by atoms with Crippen LogP contribution in [0.5, 0.6) is 17.2 Å². The maximum atomic E-state index is 10.7. The molecule has 5 N–H and O–H groups in total. The third-order valence-electron chi connectivity index (χ3n) is 17.5. The summed E-state index contributed by atoms with van der Waals surface area (Å²) < 4.78 is 81.5. The number of ether oxygens (including phenoxy) is 15. The number of hydrogen-bond donors (Lipinski definition) is 5. The molecular formula is C85H134BN3NaO27. The molecule has 655 valence electrons. The minimum atomic E-state index is -1.08. The molecule has 4 rings (SSSR count). The zero-order valence-electron chi connectivity index (χ0n) is 71.9. The van der Waals surface area contributed by atoms with Crippen molar-refractivity contribution in [3.8, 4) is 29.4 Å². The summed E-state index contributed by atoms with van der Waals surface area (Å²) in [6.07, 6.45) is 7.31. The van der Waals surface area contributed by atoms with E-state index in [0.29, 0.717) is 217 Å². The molecule has 0 saturated heterocycles. The summed E-state index contributed by atoms with van der Waals surface area (Å²) >= 11 is 0. The summed E-state index contributed by atoms with van der Waals surface area (Å²) in [5, 5.41) is 76.4. The summed E-state index contributed by atoms with van der Waals surface area (Å²) in [6.45, 7) is 26.9. The minimum absolute atomic E-state index is 0. The summed E-state index contributed by atoms with van der Waals surface area (Å²) in [4.78, 5) is 49.2. The van der Waals surface area contributed by atoms with Crippen LogP contribution in [-0.4, -0.2) is 263 Å². The van der Waals surface area contributed by atoms with Crippen molar-refractivity contribution in [1.82, 2.24) is 4.90 Å². The fourth-order valence-electron chi connectivity index (χ4n) is 11.0. The molecule has 0 aliphatic carbocycles. The third-order valence-corrected chi connectivity index (χ3v) is 17.5. The van der Waals surface area contributed by atoms with E-state index in [1.807, 2.05) is 56.3 Å². The number of aliphatic carboxylic acids is 1. The molecule has 32 heteroatoms. The minimum Gasteiger partial charge on any atom is -0.550 e. The Hall–Kier alpha value is -6.32. The number of aliphatic hydroxyl groups is 5. The van der Waals surface area contributed by atoms with Gasteiger partial charge in [0.25, 0.3) is 0 Å². The molecule has 117 heavy (non-hydrogen) atoms. The normalized spacial score (nSPS) is 11.7. The van der Waals surface area contributed by atoms with Gasteiger partial charge in [-0.2, -0.15) is 10.5 Å². The van der Waals surface area contributed by atoms with E-state index >= 15 is 0 Å². The van der Waals surface area contributed by atoms with Crippen LogP contribution in [0.4, 0.5) is 0 Å². The van der Waals surface area contributed by atoms with Crippen LogP contribution in [0.2, 0.25) is 0 Å². The number of benzene rings is 4. The van der Waals surface area contributed by atoms with Crippen LogP contribution in [0.25, 0.3) is 0 Å². The van der Waals surface area contributed by atoms with Gasteiger partial charge in [0.05, 0.1) is 208 Å². The van der Waals surface area contributed by atoms with E-state index in [-0.39, 0.29) is 82.8 Å². The van der Waals surface area contributed by atoms with Crippen LogP contribution in [0, 0.1) is 34.5 Å². The second-order valence-corrected chi connectivity index (χ2v) is 26.6. The van der Waals surface area contributed by atoms with Crippen molar-refractivity contribution in [2.45, 2.75) is 151 Å². The van der Waals surface area contributed by atoms with Crippen LogP contribution in [0.3, 0.4) is 0 Å². The van der Waals surface area contributed by atoms with Gasteiger partial charge in [-0.05, 0) is 140 Å². The number of aldehydes is 1. The molecule has 0 bridgehead atoms. The van der Waals surface area contributed by atoms with Crippen molar-refractivity contribution in [2.75, 3.05) is 200 Å². The molecule has 3 radical (unpaired) electrons. The first kappa shape index (κ1) is 115. The van der Waals surface area contributed by atoms with E-state index in [1.54, 1.807) is 39.5 Å². The Bertz CT molecular complexity index is 3220. The van der Waals surface area contributed by atoms with Crippen molar-refractivity contribution in [1.29, 1.82) is 10.5 Å². The van der Waals surface area contributed by atoms with E-state index in [1.165, 1.54) is 5.56 Å². The van der Waals surface area contributed by atoms with Crippen molar-refractivity contribution in [3.63, 3.8) is 0 Å². The molecule has 2 unspecified atom stereocenters. The van der Waals surface area contributed by atoms with E-state index in [4.69, 9.17) is 81.0 Å². The van der Waals surface area contributed by atoms with Gasteiger partial charge in [-0.1, -0.05) is 89.6 Å². The first-order chi connectivity index (χ1) is 55.6. The molecule has 0 saturated carbocycles. The standard InChI is InChI=1S/C39H62N2O10.C24H42O8.C16H21NO3.C4H6O4.C2H4O2.B.Na/c1-32(2)39(31-40,36-9-8-34(29-42)35(28-36)30-43)12-6-13-41(3)14-11-33-7-10-37(38(27-33)45-5)51-26-25-50-24-23-49-22-21-48-20-19-47-18-17-46-16-15-44-4;1-3-4-5-22-6-7-24(23(20-22)21-25)32-19-18-31-17-16-30-15-14-29-13-12-28-11-10-27-9-8-26-2;1-12(2)16(11-17,6-3-7-18)15-5-4-13(9-19)14(8-15)10-20;1-3(5)7-8-4(2)6;1-2(3)4;;/h7-10,27-28,32,42-43H,6,11-26,29-30H2,1-5H3;6-7,20,25H,3-5,8-19,21H2,1-2H3;4-5,7-8,12,19-20H,3,6,9-10H2,1-2H3;1-2H3;1H3,(H,3,4);;/q;;;;;;+1/p-1. The number of aliphatic hydroxyl groups excluding tert-OH is 5. The molecule has 2 atom stereocenters. The van der Waals surface area contributed by atoms with E-state index in [2.05, 4.69) is 66.8 Å². The second kappa shape index (κ2) is 75.9. The van der Waals surface area contributed by atoms with Gasteiger partial charge >= 0.3 is 41.5 Å². The maximum absolute atomic E-state index is 10.7. The molecule has 4 aromatic carbocycles. The summed E-state index contributed by atoms with van der Waals surface area (Å²) in [5.74, 6) is -0.160. The fraction of sp³-hybridized carbons (Fsp3) is 0.647. The molecule has 0 aliphatic rings. The number of nitrogens with zero attached hydrogens (tertiary/aromatic N) is 3. The number of carbonyl (C=O) groups is 4. The summed E-state index contributed by atoms with van der Waals surface area (Å²) in [5.41, 5.74) is 6.09. The number of carbonyl (C=O) groups excluding carboxylic acids is 4. The van der Waals surface area contributed by atoms with Crippen molar-refractivity contribution >= 4 is 32.6 Å². The number of methoxy groups -OCH3 is 3. The van der Waals surface area contributed by atoms with Gasteiger partial charge in [-0.3, -0.25) is 0 Å². The molecule has 4 aromatic rings. The summed E-state index contributed by atoms with van der Waals surface area (Å²) in [7, 11) is 7.03. The molecular weight excluding hydrogens is 1530 g/mol. The SMILES string of the molecule is CC(=O)OOC(C)=O.CC(=O)[O-].CC(C)C(C#N)(CCC=O)c1ccc(CO)c(CO)c1.CCCCc1ccc(OCCOCCOCCOCCOCCOCCOC)c(CO)c1.COCCOCCOCCOCCOCCOCCOc1ccc(CCN(C)CCCC(C#N)(c2ccc(CO)c(CO)c2)C(C)C)cc1OC.[B].[Na+]. The van der Waals surface area contributed by atoms with Crippen LogP contribution in [-0.2, 0) is 143 Å². The molecule has 0 spiro atoms. The Kier molecular flexibility index (Phi) is 74.5. The number of unbranched alkanes of at least 4 members (excludes halogenated alkanes) is 1. The van der Waals surface area contributed by atoms with Crippen LogP contribution >= 0.6 is 0 Å². The van der Waals surface area contributed by atoms with E-state index in [0.717, 1.165) is 94.5 Å². The van der Waals surface area contributed by atoms with E-state index < -0.39 is 28.7 Å². The van der Waals surface area contributed by atoms with Gasteiger partial charge in [0.15, 0.2) is 11.5 Å². The van der Waals surface area contributed by atoms with Crippen molar-refractivity contribution < 1.29 is 160 Å². The quantitative estimate of drug-likeness (QED) is 0.0135. The molecule has 0 amide bonds. The van der Waals surface area contributed by atoms with Crippen molar-refractivity contribution in [3.05, 3.63) is 123 Å². The van der Waals surface area contributed by atoms with Crippen molar-refractivity contribution in [2.24, 2.45) is 11.8 Å². The predicted molar refractivity (Wildman–Crippen MR) is 433 cm³/mol. The molecule has 0 fully saturated rings. The molecule has 0 aliphatic heterocycles. The smallest absolute Gasteiger partial charge is 0.550 e. The Balaban J connectivity index is -0.00000167. The van der Waals surface area contributed by atoms with Gasteiger partial charge < -0.3 is 116 Å². The first-order valence-corrected chi connectivity index (χ1v) is 39.1. The third kappa shape index (κ3) is 53.9. The Labute approximate surface area is 718 Å². The monoisotopic (exact) mass is 1660 g/mol. The van der Waals surface area contributed by atoms with Gasteiger partial charge in [0.2, 0.25) is 0 Å². The first-order valence-electron chi connectivity index (χ1n) is 39.1. The average Bonchev–Trinajstić information content (AvgIpc) is 0.795. The zero-order chi connectivity index (χ0) is 85.6. The fourth-order valence-corrected chi connectivity index (χ4v) is 11.0. The average molecular weight is 1660 g/mol. The number of carboxylic acid groups (broad SMARTS) is 1. The van der Waals surface area contributed by atoms with Gasteiger partial charge in [-0.25, -0.2) is 19.4 Å². The predicted octanol–water partition coefficient (Wildman–Crippen LogP) is 4.26. The van der Waals surface area contributed by atoms with Gasteiger partial charge in [0, 0.05) is 61.0 Å². The number of rotatable bonds is 61. The van der Waals surface area contributed by atoms with Crippen LogP contribution < -0.4 is 48.9 Å². The second-order valence-electron chi connectivity index (χ2n) is 26.6. The number of carboxylic acids is 1. The van der Waals surface area contributed by atoms with Gasteiger partial charge in [-0.15, -0.1) is 0 Å². The molecule has 0 heterocycles. The topological polar surface area (TPSA) is 400 Å². The Morgan fingerprint density at radius 2 is 0.795 bits per heavy atom. The number of aryl methyl sites for hydroxylation is 1. The number of nitriles is 2. The zero-order valence-corrected chi connectivity index (χ0v) is 73.9. The molecule has 30 nitrogen and oxygen atoms in total. The molecule has 0 aromatic heterocycles. The maximum Gasteiger partial charge on any atom is 1.00 e.